The number of rotatable bonds is 12. The summed E-state index contributed by atoms with van der Waals surface area (Å²) in [6.07, 6.45) is 0. The van der Waals surface area contributed by atoms with Gasteiger partial charge in [-0.1, -0.05) is 133 Å². The molecule has 310 valence electrons. The standard InChI is InChI=1S/C58H45N2O3P/c1-42-22-38-53(39-23-42)64(61,52-16-4-3-5-17-52)54-40-36-51(37-41-54)63-50-34-30-48(31-35-50)60(58-21-11-15-44-13-7-9-19-56(44)58)46-26-24-45(25-27-46)59(47-28-32-49(62-2)33-29-47)57-20-10-14-43-12-6-8-18-55(43)57/h3-41H,1-2H3. The van der Waals surface area contributed by atoms with Crippen molar-refractivity contribution in [3.8, 4) is 17.2 Å². The Kier molecular flexibility index (Phi) is 11.0. The number of fused-ring (bicyclic) bond motifs is 2. The molecule has 0 spiro atoms. The summed E-state index contributed by atoms with van der Waals surface area (Å²) in [5.74, 6) is 2.16. The predicted octanol–water partition coefficient (Wildman–Crippen LogP) is 14.7. The van der Waals surface area contributed by atoms with E-state index in [9.17, 15) is 0 Å². The molecule has 10 aromatic carbocycles. The molecule has 0 aliphatic rings. The van der Waals surface area contributed by atoms with E-state index in [1.54, 1.807) is 7.11 Å². The first-order chi connectivity index (χ1) is 31.5. The summed E-state index contributed by atoms with van der Waals surface area (Å²) >= 11 is 0. The van der Waals surface area contributed by atoms with E-state index in [4.69, 9.17) is 9.47 Å². The molecule has 1 unspecified atom stereocenters. The van der Waals surface area contributed by atoms with Gasteiger partial charge in [0.25, 0.3) is 0 Å². The average molecular weight is 849 g/mol. The van der Waals surface area contributed by atoms with E-state index in [-0.39, 0.29) is 0 Å². The zero-order valence-electron chi connectivity index (χ0n) is 35.6. The molecule has 0 aliphatic carbocycles. The Bertz CT molecular complexity index is 3230. The van der Waals surface area contributed by atoms with Crippen molar-refractivity contribution in [2.75, 3.05) is 16.9 Å². The van der Waals surface area contributed by atoms with Crippen LogP contribution in [0.2, 0.25) is 0 Å². The normalized spacial score (nSPS) is 12.1. The van der Waals surface area contributed by atoms with E-state index in [2.05, 4.69) is 143 Å². The maximum Gasteiger partial charge on any atom is 0.171 e. The molecular weight excluding hydrogens is 804 g/mol. The van der Waals surface area contributed by atoms with Crippen molar-refractivity contribution in [2.45, 2.75) is 6.92 Å². The zero-order chi connectivity index (χ0) is 43.5. The van der Waals surface area contributed by atoms with E-state index in [0.29, 0.717) is 11.5 Å². The highest BCUT2D eigenvalue weighted by Crippen LogP contribution is 2.45. The number of hydrogen-bond acceptors (Lipinski definition) is 5. The van der Waals surface area contributed by atoms with Crippen LogP contribution >= 0.6 is 7.14 Å². The number of methoxy groups -OCH3 is 1. The molecule has 0 bridgehead atoms. The number of benzene rings is 10. The smallest absolute Gasteiger partial charge is 0.171 e. The molecule has 0 saturated heterocycles. The summed E-state index contributed by atoms with van der Waals surface area (Å²) in [5.41, 5.74) is 7.31. The fraction of sp³-hybridized carbons (Fsp3) is 0.0345. The molecule has 0 radical (unpaired) electrons. The molecule has 0 amide bonds. The van der Waals surface area contributed by atoms with Crippen molar-refractivity contribution in [3.63, 3.8) is 0 Å². The Labute approximate surface area is 374 Å². The number of ether oxygens (including phenoxy) is 2. The van der Waals surface area contributed by atoms with Gasteiger partial charge in [0.15, 0.2) is 7.14 Å². The largest absolute Gasteiger partial charge is 0.497 e. The summed E-state index contributed by atoms with van der Waals surface area (Å²) in [4.78, 5) is 4.60. The van der Waals surface area contributed by atoms with Crippen molar-refractivity contribution in [1.29, 1.82) is 0 Å². The van der Waals surface area contributed by atoms with Gasteiger partial charge in [-0.15, -0.1) is 0 Å². The van der Waals surface area contributed by atoms with Gasteiger partial charge in [-0.3, -0.25) is 0 Å². The molecule has 6 heteroatoms. The highest BCUT2D eigenvalue weighted by molar-refractivity contribution is 7.85. The molecule has 10 aromatic rings. The van der Waals surface area contributed by atoms with Crippen LogP contribution in [0.25, 0.3) is 21.5 Å². The summed E-state index contributed by atoms with van der Waals surface area (Å²) < 4.78 is 27.0. The number of nitrogens with zero attached hydrogens (tertiary/aromatic N) is 2. The molecule has 0 fully saturated rings. The van der Waals surface area contributed by atoms with Crippen molar-refractivity contribution in [3.05, 3.63) is 242 Å². The Morgan fingerprint density at radius 3 is 1.19 bits per heavy atom. The highest BCUT2D eigenvalue weighted by atomic mass is 31.2. The van der Waals surface area contributed by atoms with Crippen LogP contribution in [0.4, 0.5) is 34.1 Å². The second-order valence-corrected chi connectivity index (χ2v) is 18.5. The molecule has 0 aliphatic heterocycles. The molecule has 0 saturated carbocycles. The first-order valence-electron chi connectivity index (χ1n) is 21.4. The van der Waals surface area contributed by atoms with E-state index in [0.717, 1.165) is 77.5 Å². The summed E-state index contributed by atoms with van der Waals surface area (Å²) in [6, 6.07) is 80.5. The number of anilines is 6. The highest BCUT2D eigenvalue weighted by Gasteiger charge is 2.29. The minimum atomic E-state index is -3.11. The SMILES string of the molecule is COc1ccc(N(c2ccc(N(c3ccc(Oc4ccc(P(=O)(c5ccccc5)c5ccc(C)cc5)cc4)cc3)c3cccc4ccccc34)cc2)c2cccc3ccccc23)cc1. The van der Waals surface area contributed by atoms with Crippen molar-refractivity contribution < 1.29 is 14.0 Å². The van der Waals surface area contributed by atoms with Crippen LogP contribution in [0, 0.1) is 6.92 Å². The monoisotopic (exact) mass is 848 g/mol. The lowest BCUT2D eigenvalue weighted by atomic mass is 10.1. The van der Waals surface area contributed by atoms with Crippen LogP contribution in [0.3, 0.4) is 0 Å². The zero-order valence-corrected chi connectivity index (χ0v) is 36.5. The third kappa shape index (κ3) is 7.79. The fourth-order valence-electron chi connectivity index (χ4n) is 8.51. The quantitative estimate of drug-likeness (QED) is 0.115. The van der Waals surface area contributed by atoms with Gasteiger partial charge in [-0.2, -0.15) is 0 Å². The molecule has 0 aromatic heterocycles. The Morgan fingerprint density at radius 1 is 0.359 bits per heavy atom. The third-order valence-electron chi connectivity index (χ3n) is 11.8. The van der Waals surface area contributed by atoms with Crippen LogP contribution in [0.5, 0.6) is 17.2 Å². The van der Waals surface area contributed by atoms with Crippen molar-refractivity contribution >= 4 is 78.7 Å². The molecule has 10 rings (SSSR count). The van der Waals surface area contributed by atoms with Gasteiger partial charge in [0.05, 0.1) is 18.5 Å². The van der Waals surface area contributed by atoms with Crippen LogP contribution in [0.15, 0.2) is 237 Å². The van der Waals surface area contributed by atoms with E-state index in [1.807, 2.05) is 110 Å². The Balaban J connectivity index is 0.989. The van der Waals surface area contributed by atoms with Crippen molar-refractivity contribution in [2.24, 2.45) is 0 Å². The lowest BCUT2D eigenvalue weighted by molar-refractivity contribution is 0.415. The topological polar surface area (TPSA) is 42.0 Å². The van der Waals surface area contributed by atoms with Crippen LogP contribution < -0.4 is 35.2 Å². The fourth-order valence-corrected chi connectivity index (χ4v) is 11.1. The van der Waals surface area contributed by atoms with Crippen LogP contribution in [0.1, 0.15) is 5.56 Å². The van der Waals surface area contributed by atoms with Gasteiger partial charge in [-0.05, 0) is 127 Å². The van der Waals surface area contributed by atoms with E-state index in [1.165, 1.54) is 5.39 Å². The van der Waals surface area contributed by atoms with Gasteiger partial charge in [0, 0.05) is 49.4 Å². The minimum Gasteiger partial charge on any atom is -0.497 e. The average Bonchev–Trinajstić information content (AvgIpc) is 3.36. The van der Waals surface area contributed by atoms with Gasteiger partial charge in [-0.25, -0.2) is 0 Å². The van der Waals surface area contributed by atoms with Gasteiger partial charge in [0.1, 0.15) is 17.2 Å². The van der Waals surface area contributed by atoms with E-state index < -0.39 is 7.14 Å². The maximum atomic E-state index is 15.0. The Morgan fingerprint density at radius 2 is 0.719 bits per heavy atom. The van der Waals surface area contributed by atoms with Crippen molar-refractivity contribution in [1.82, 2.24) is 0 Å². The Hall–Kier alpha value is -7.85. The predicted molar refractivity (Wildman–Crippen MR) is 268 cm³/mol. The summed E-state index contributed by atoms with van der Waals surface area (Å²) in [6.45, 7) is 2.04. The summed E-state index contributed by atoms with van der Waals surface area (Å²) in [5, 5.41) is 7.00. The second-order valence-electron chi connectivity index (χ2n) is 15.8. The molecule has 1 atom stereocenters. The van der Waals surface area contributed by atoms with Gasteiger partial charge < -0.3 is 23.8 Å². The maximum absolute atomic E-state index is 15.0. The molecule has 0 heterocycles. The minimum absolute atomic E-state index is 0.661. The van der Waals surface area contributed by atoms with Crippen LogP contribution in [-0.4, -0.2) is 7.11 Å². The van der Waals surface area contributed by atoms with Crippen LogP contribution in [-0.2, 0) is 4.57 Å². The van der Waals surface area contributed by atoms with Gasteiger partial charge in [0.2, 0.25) is 0 Å². The lowest BCUT2D eigenvalue weighted by Crippen LogP contribution is -2.24. The molecular formula is C58H45N2O3P. The first kappa shape index (κ1) is 40.2. The second kappa shape index (κ2) is 17.5. The molecule has 5 nitrogen and oxygen atoms in total. The van der Waals surface area contributed by atoms with E-state index >= 15 is 4.57 Å². The number of hydrogen-bond donors (Lipinski definition) is 0. The summed E-state index contributed by atoms with van der Waals surface area (Å²) in [7, 11) is -1.42. The number of aryl methyl sites for hydroxylation is 1. The molecule has 64 heavy (non-hydrogen) atoms. The molecule has 0 N–H and O–H groups in total. The lowest BCUT2D eigenvalue weighted by Gasteiger charge is -2.29. The van der Waals surface area contributed by atoms with Gasteiger partial charge >= 0.3 is 0 Å². The third-order valence-corrected chi connectivity index (χ3v) is 14.8. The first-order valence-corrected chi connectivity index (χ1v) is 23.1.